The monoisotopic (exact) mass is 303 g/mol. The number of hydrogen-bond acceptors (Lipinski definition) is 3. The molecule has 0 unspecified atom stereocenters. The normalized spacial score (nSPS) is 10.4. The van der Waals surface area contributed by atoms with E-state index < -0.39 is 0 Å². The third kappa shape index (κ3) is 4.31. The molecular formula is C17H18ClNO2. The minimum absolute atomic E-state index is 0.0444. The molecule has 0 spiro atoms. The zero-order valence-corrected chi connectivity index (χ0v) is 12.7. The Kier molecular flexibility index (Phi) is 5.78. The molecule has 4 heteroatoms. The van der Waals surface area contributed by atoms with Crippen LogP contribution in [0.15, 0.2) is 48.5 Å². The van der Waals surface area contributed by atoms with Gasteiger partial charge in [-0.3, -0.25) is 4.79 Å². The number of rotatable bonds is 7. The number of ketones is 1. The zero-order valence-electron chi connectivity index (χ0n) is 11.9. The summed E-state index contributed by atoms with van der Waals surface area (Å²) in [6.45, 7) is 3.87. The lowest BCUT2D eigenvalue weighted by Crippen LogP contribution is -2.13. The summed E-state index contributed by atoms with van der Waals surface area (Å²) in [5.74, 6) is -0.0444. The third-order valence-corrected chi connectivity index (χ3v) is 3.26. The predicted octanol–water partition coefficient (Wildman–Crippen LogP) is 4.02. The lowest BCUT2D eigenvalue weighted by molar-refractivity contribution is 0.103. The highest BCUT2D eigenvalue weighted by molar-refractivity contribution is 6.31. The Morgan fingerprint density at radius 1 is 1.19 bits per heavy atom. The van der Waals surface area contributed by atoms with Crippen LogP contribution in [0.25, 0.3) is 0 Å². The Hall–Kier alpha value is -1.84. The van der Waals surface area contributed by atoms with Crippen molar-refractivity contribution in [3.63, 3.8) is 0 Å². The Labute approximate surface area is 129 Å². The second kappa shape index (κ2) is 7.81. The molecule has 0 aliphatic heterocycles. The summed E-state index contributed by atoms with van der Waals surface area (Å²) in [7, 11) is 0. The summed E-state index contributed by atoms with van der Waals surface area (Å²) >= 11 is 6.03. The van der Waals surface area contributed by atoms with Gasteiger partial charge in [-0.05, 0) is 25.1 Å². The fraction of sp³-hybridized carbons (Fsp3) is 0.235. The van der Waals surface area contributed by atoms with Crippen molar-refractivity contribution in [1.82, 2.24) is 0 Å². The van der Waals surface area contributed by atoms with Crippen LogP contribution in [0, 0.1) is 0 Å². The van der Waals surface area contributed by atoms with Gasteiger partial charge in [0.05, 0.1) is 6.61 Å². The zero-order chi connectivity index (χ0) is 15.1. The van der Waals surface area contributed by atoms with Gasteiger partial charge in [-0.1, -0.05) is 41.9 Å². The van der Waals surface area contributed by atoms with E-state index in [2.05, 4.69) is 5.32 Å². The molecular weight excluding hydrogens is 286 g/mol. The lowest BCUT2D eigenvalue weighted by atomic mass is 10.0. The Balaban J connectivity index is 2.21. The highest BCUT2D eigenvalue weighted by Crippen LogP contribution is 2.23. The van der Waals surface area contributed by atoms with Crippen LogP contribution in [0.4, 0.5) is 5.69 Å². The largest absolute Gasteiger partial charge is 0.382 e. The van der Waals surface area contributed by atoms with E-state index in [-0.39, 0.29) is 5.78 Å². The summed E-state index contributed by atoms with van der Waals surface area (Å²) in [5, 5.41) is 3.77. The van der Waals surface area contributed by atoms with Crippen LogP contribution in [0.1, 0.15) is 22.8 Å². The first-order valence-corrected chi connectivity index (χ1v) is 7.31. The summed E-state index contributed by atoms with van der Waals surface area (Å²) in [4.78, 5) is 12.6. The minimum atomic E-state index is -0.0444. The molecule has 2 aromatic rings. The van der Waals surface area contributed by atoms with Crippen LogP contribution >= 0.6 is 11.6 Å². The quantitative estimate of drug-likeness (QED) is 0.620. The summed E-state index contributed by atoms with van der Waals surface area (Å²) in [5.41, 5.74) is 1.99. The van der Waals surface area contributed by atoms with Crippen molar-refractivity contribution in [2.75, 3.05) is 25.1 Å². The predicted molar refractivity (Wildman–Crippen MR) is 86.3 cm³/mol. The SMILES string of the molecule is CCOCCNc1ccc(Cl)cc1C(=O)c1ccccc1. The number of ether oxygens (including phenoxy) is 1. The molecule has 0 fully saturated rings. The van der Waals surface area contributed by atoms with Crippen LogP contribution in [0.2, 0.25) is 5.02 Å². The molecule has 0 heterocycles. The van der Waals surface area contributed by atoms with E-state index in [0.29, 0.717) is 35.9 Å². The molecule has 0 aliphatic rings. The molecule has 0 amide bonds. The number of carbonyl (C=O) groups is 1. The van der Waals surface area contributed by atoms with E-state index in [9.17, 15) is 4.79 Å². The summed E-state index contributed by atoms with van der Waals surface area (Å²) < 4.78 is 5.29. The number of carbonyl (C=O) groups excluding carboxylic acids is 1. The number of halogens is 1. The topological polar surface area (TPSA) is 38.3 Å². The first-order valence-electron chi connectivity index (χ1n) is 6.93. The van der Waals surface area contributed by atoms with Gasteiger partial charge in [0, 0.05) is 35.0 Å². The molecule has 2 aromatic carbocycles. The van der Waals surface area contributed by atoms with E-state index in [1.165, 1.54) is 0 Å². The van der Waals surface area contributed by atoms with Gasteiger partial charge in [-0.2, -0.15) is 0 Å². The van der Waals surface area contributed by atoms with Crippen LogP contribution in [-0.2, 0) is 4.74 Å². The van der Waals surface area contributed by atoms with Crippen molar-refractivity contribution < 1.29 is 9.53 Å². The van der Waals surface area contributed by atoms with E-state index in [1.807, 2.05) is 31.2 Å². The van der Waals surface area contributed by atoms with Gasteiger partial charge in [-0.25, -0.2) is 0 Å². The van der Waals surface area contributed by atoms with E-state index in [1.54, 1.807) is 24.3 Å². The maximum absolute atomic E-state index is 12.6. The van der Waals surface area contributed by atoms with Crippen molar-refractivity contribution in [2.45, 2.75) is 6.92 Å². The molecule has 0 radical (unpaired) electrons. The maximum Gasteiger partial charge on any atom is 0.195 e. The minimum Gasteiger partial charge on any atom is -0.382 e. The highest BCUT2D eigenvalue weighted by Gasteiger charge is 2.13. The highest BCUT2D eigenvalue weighted by atomic mass is 35.5. The van der Waals surface area contributed by atoms with E-state index in [0.717, 1.165) is 5.69 Å². The Bertz CT molecular complexity index is 599. The van der Waals surface area contributed by atoms with Crippen LogP contribution in [0.3, 0.4) is 0 Å². The molecule has 0 saturated carbocycles. The van der Waals surface area contributed by atoms with Crippen molar-refractivity contribution >= 4 is 23.1 Å². The van der Waals surface area contributed by atoms with Crippen LogP contribution in [-0.4, -0.2) is 25.5 Å². The lowest BCUT2D eigenvalue weighted by Gasteiger charge is -2.12. The molecule has 110 valence electrons. The standard InChI is InChI=1S/C17H18ClNO2/c1-2-21-11-10-19-16-9-8-14(18)12-15(16)17(20)13-6-4-3-5-7-13/h3-9,12,19H,2,10-11H2,1H3. The van der Waals surface area contributed by atoms with Crippen molar-refractivity contribution in [1.29, 1.82) is 0 Å². The maximum atomic E-state index is 12.6. The second-order valence-corrected chi connectivity index (χ2v) is 4.95. The summed E-state index contributed by atoms with van der Waals surface area (Å²) in [6.07, 6.45) is 0. The Morgan fingerprint density at radius 2 is 1.95 bits per heavy atom. The molecule has 2 rings (SSSR count). The van der Waals surface area contributed by atoms with Crippen LogP contribution in [0.5, 0.6) is 0 Å². The Morgan fingerprint density at radius 3 is 2.67 bits per heavy atom. The molecule has 0 aromatic heterocycles. The number of benzene rings is 2. The number of anilines is 1. The first kappa shape index (κ1) is 15.5. The van der Waals surface area contributed by atoms with E-state index >= 15 is 0 Å². The molecule has 0 atom stereocenters. The second-order valence-electron chi connectivity index (χ2n) is 4.51. The average Bonchev–Trinajstić information content (AvgIpc) is 2.53. The van der Waals surface area contributed by atoms with Crippen molar-refractivity contribution in [3.8, 4) is 0 Å². The number of nitrogens with one attached hydrogen (secondary N) is 1. The molecule has 21 heavy (non-hydrogen) atoms. The summed E-state index contributed by atoms with van der Waals surface area (Å²) in [6, 6.07) is 14.5. The molecule has 3 nitrogen and oxygen atoms in total. The fourth-order valence-electron chi connectivity index (χ4n) is 2.01. The van der Waals surface area contributed by atoms with Crippen molar-refractivity contribution in [2.24, 2.45) is 0 Å². The average molecular weight is 304 g/mol. The van der Waals surface area contributed by atoms with Crippen LogP contribution < -0.4 is 5.32 Å². The van der Waals surface area contributed by atoms with Gasteiger partial charge in [0.2, 0.25) is 0 Å². The van der Waals surface area contributed by atoms with Gasteiger partial charge in [0.15, 0.2) is 5.78 Å². The van der Waals surface area contributed by atoms with E-state index in [4.69, 9.17) is 16.3 Å². The third-order valence-electron chi connectivity index (χ3n) is 3.03. The van der Waals surface area contributed by atoms with Gasteiger partial charge >= 0.3 is 0 Å². The smallest absolute Gasteiger partial charge is 0.195 e. The number of hydrogen-bond donors (Lipinski definition) is 1. The molecule has 0 saturated heterocycles. The molecule has 0 bridgehead atoms. The van der Waals surface area contributed by atoms with Gasteiger partial charge in [0.25, 0.3) is 0 Å². The molecule has 0 aliphatic carbocycles. The fourth-order valence-corrected chi connectivity index (χ4v) is 2.18. The van der Waals surface area contributed by atoms with Gasteiger partial charge < -0.3 is 10.1 Å². The van der Waals surface area contributed by atoms with Gasteiger partial charge in [0.1, 0.15) is 0 Å². The molecule has 1 N–H and O–H groups in total. The first-order chi connectivity index (χ1) is 10.2. The van der Waals surface area contributed by atoms with Gasteiger partial charge in [-0.15, -0.1) is 0 Å². The van der Waals surface area contributed by atoms with Crippen molar-refractivity contribution in [3.05, 3.63) is 64.7 Å².